The first-order valence-corrected chi connectivity index (χ1v) is 6.43. The van der Waals surface area contributed by atoms with Crippen LogP contribution in [0.25, 0.3) is 0 Å². The van der Waals surface area contributed by atoms with E-state index in [-0.39, 0.29) is 5.92 Å². The molecule has 19 heavy (non-hydrogen) atoms. The van der Waals surface area contributed by atoms with Crippen molar-refractivity contribution in [3.8, 4) is 0 Å². The maximum Gasteiger partial charge on any atom is 0.326 e. The van der Waals surface area contributed by atoms with Gasteiger partial charge in [-0.2, -0.15) is 5.10 Å². The van der Waals surface area contributed by atoms with Crippen LogP contribution in [0.3, 0.4) is 0 Å². The number of amides is 1. The van der Waals surface area contributed by atoms with Crippen LogP contribution in [-0.4, -0.2) is 32.8 Å². The third kappa shape index (κ3) is 4.08. The second kappa shape index (κ2) is 6.36. The number of aromatic nitrogens is 2. The molecule has 1 atom stereocenters. The minimum Gasteiger partial charge on any atom is -0.480 e. The van der Waals surface area contributed by atoms with Crippen molar-refractivity contribution < 1.29 is 14.7 Å². The van der Waals surface area contributed by atoms with Crippen LogP contribution >= 0.6 is 0 Å². The molecule has 1 aromatic rings. The summed E-state index contributed by atoms with van der Waals surface area (Å²) in [4.78, 5) is 23.2. The van der Waals surface area contributed by atoms with Gasteiger partial charge in [0.05, 0.1) is 5.69 Å². The molecule has 106 valence electrons. The lowest BCUT2D eigenvalue weighted by Crippen LogP contribution is -2.42. The normalized spacial score (nSPS) is 12.5. The van der Waals surface area contributed by atoms with Crippen molar-refractivity contribution in [1.29, 1.82) is 0 Å². The maximum absolute atomic E-state index is 12.1. The second-order valence-corrected chi connectivity index (χ2v) is 4.98. The Morgan fingerprint density at radius 3 is 2.58 bits per heavy atom. The highest BCUT2D eigenvalue weighted by molar-refractivity contribution is 5.95. The van der Waals surface area contributed by atoms with E-state index in [4.69, 9.17) is 5.11 Å². The number of aliphatic carboxylic acids is 1. The first kappa shape index (κ1) is 15.2. The second-order valence-electron chi connectivity index (χ2n) is 4.98. The van der Waals surface area contributed by atoms with Crippen LogP contribution in [0.2, 0.25) is 0 Å². The molecule has 6 heteroatoms. The van der Waals surface area contributed by atoms with Crippen LogP contribution < -0.4 is 5.32 Å². The molecule has 0 aliphatic carbocycles. The molecule has 0 aliphatic heterocycles. The standard InChI is InChI=1S/C13H21N3O3/c1-5-16-11(7-9(4)15-16)12(17)14-10(13(18)19)6-8(2)3/h7-8,10H,5-6H2,1-4H3,(H,14,17)(H,18,19)/t10-/m0/s1. The Labute approximate surface area is 112 Å². The lowest BCUT2D eigenvalue weighted by Gasteiger charge is -2.16. The van der Waals surface area contributed by atoms with E-state index in [1.165, 1.54) is 0 Å². The van der Waals surface area contributed by atoms with E-state index in [1.54, 1.807) is 17.7 Å². The predicted octanol–water partition coefficient (Wildman–Crippen LogP) is 1.44. The Bertz CT molecular complexity index is 466. The minimum atomic E-state index is -1.01. The summed E-state index contributed by atoms with van der Waals surface area (Å²) < 4.78 is 1.57. The fourth-order valence-electron chi connectivity index (χ4n) is 1.89. The Morgan fingerprint density at radius 2 is 2.11 bits per heavy atom. The molecule has 0 aliphatic rings. The van der Waals surface area contributed by atoms with Crippen LogP contribution in [0.1, 0.15) is 43.4 Å². The van der Waals surface area contributed by atoms with Crippen molar-refractivity contribution in [1.82, 2.24) is 15.1 Å². The number of nitrogens with one attached hydrogen (secondary N) is 1. The summed E-state index contributed by atoms with van der Waals surface area (Å²) in [6.45, 7) is 8.08. The zero-order valence-corrected chi connectivity index (χ0v) is 11.8. The number of carbonyl (C=O) groups is 2. The Balaban J connectivity index is 2.84. The van der Waals surface area contributed by atoms with Gasteiger partial charge in [-0.3, -0.25) is 9.48 Å². The van der Waals surface area contributed by atoms with Crippen LogP contribution in [0.5, 0.6) is 0 Å². The molecule has 0 saturated heterocycles. The quantitative estimate of drug-likeness (QED) is 0.816. The molecule has 6 nitrogen and oxygen atoms in total. The summed E-state index contributed by atoms with van der Waals surface area (Å²) in [6, 6.07) is 0.792. The summed E-state index contributed by atoms with van der Waals surface area (Å²) in [5, 5.41) is 15.8. The molecule has 1 heterocycles. The fourth-order valence-corrected chi connectivity index (χ4v) is 1.89. The molecule has 1 amide bonds. The van der Waals surface area contributed by atoms with Crippen LogP contribution in [0.15, 0.2) is 6.07 Å². The van der Waals surface area contributed by atoms with E-state index in [0.717, 1.165) is 5.69 Å². The van der Waals surface area contributed by atoms with E-state index in [0.29, 0.717) is 18.7 Å². The fraction of sp³-hybridized carbons (Fsp3) is 0.615. The first-order chi connectivity index (χ1) is 8.85. The average Bonchev–Trinajstić information content (AvgIpc) is 2.68. The summed E-state index contributed by atoms with van der Waals surface area (Å²) in [6.07, 6.45) is 0.403. The summed E-state index contributed by atoms with van der Waals surface area (Å²) in [5.74, 6) is -1.21. The first-order valence-electron chi connectivity index (χ1n) is 6.43. The summed E-state index contributed by atoms with van der Waals surface area (Å²) in [5.41, 5.74) is 1.14. The van der Waals surface area contributed by atoms with Crippen molar-refractivity contribution in [3.05, 3.63) is 17.5 Å². The minimum absolute atomic E-state index is 0.194. The monoisotopic (exact) mass is 267 g/mol. The van der Waals surface area contributed by atoms with Crippen molar-refractivity contribution in [3.63, 3.8) is 0 Å². The predicted molar refractivity (Wildman–Crippen MR) is 71.0 cm³/mol. The maximum atomic E-state index is 12.1. The third-order valence-corrected chi connectivity index (χ3v) is 2.74. The van der Waals surface area contributed by atoms with Crippen molar-refractivity contribution >= 4 is 11.9 Å². The molecule has 0 spiro atoms. The smallest absolute Gasteiger partial charge is 0.326 e. The number of hydrogen-bond acceptors (Lipinski definition) is 3. The highest BCUT2D eigenvalue weighted by Crippen LogP contribution is 2.08. The average molecular weight is 267 g/mol. The zero-order valence-electron chi connectivity index (χ0n) is 11.8. The third-order valence-electron chi connectivity index (χ3n) is 2.74. The molecule has 0 unspecified atom stereocenters. The molecule has 0 aromatic carbocycles. The van der Waals surface area contributed by atoms with Gasteiger partial charge < -0.3 is 10.4 Å². The van der Waals surface area contributed by atoms with Crippen molar-refractivity contribution in [2.24, 2.45) is 5.92 Å². The zero-order chi connectivity index (χ0) is 14.6. The number of hydrogen-bond donors (Lipinski definition) is 2. The van der Waals surface area contributed by atoms with Gasteiger partial charge in [0.1, 0.15) is 11.7 Å². The van der Waals surface area contributed by atoms with Gasteiger partial charge >= 0.3 is 5.97 Å². The van der Waals surface area contributed by atoms with E-state index in [1.807, 2.05) is 20.8 Å². The lowest BCUT2D eigenvalue weighted by atomic mass is 10.0. The number of carbonyl (C=O) groups excluding carboxylic acids is 1. The molecule has 1 aromatic heterocycles. The van der Waals surface area contributed by atoms with Crippen LogP contribution in [-0.2, 0) is 11.3 Å². The molecule has 2 N–H and O–H groups in total. The van der Waals surface area contributed by atoms with Crippen molar-refractivity contribution in [2.45, 2.75) is 46.7 Å². The van der Waals surface area contributed by atoms with E-state index >= 15 is 0 Å². The number of nitrogens with zero attached hydrogens (tertiary/aromatic N) is 2. The Kier molecular flexibility index (Phi) is 5.09. The van der Waals surface area contributed by atoms with Gasteiger partial charge in [-0.25, -0.2) is 4.79 Å². The van der Waals surface area contributed by atoms with E-state index in [2.05, 4.69) is 10.4 Å². The van der Waals surface area contributed by atoms with E-state index < -0.39 is 17.9 Å². The Hall–Kier alpha value is -1.85. The highest BCUT2D eigenvalue weighted by atomic mass is 16.4. The highest BCUT2D eigenvalue weighted by Gasteiger charge is 2.23. The van der Waals surface area contributed by atoms with Gasteiger partial charge in [0, 0.05) is 6.54 Å². The lowest BCUT2D eigenvalue weighted by molar-refractivity contribution is -0.139. The van der Waals surface area contributed by atoms with Gasteiger partial charge in [0.2, 0.25) is 0 Å². The summed E-state index contributed by atoms with van der Waals surface area (Å²) in [7, 11) is 0. The van der Waals surface area contributed by atoms with E-state index in [9.17, 15) is 9.59 Å². The van der Waals surface area contributed by atoms with Gasteiger partial charge in [-0.15, -0.1) is 0 Å². The topological polar surface area (TPSA) is 84.2 Å². The van der Waals surface area contributed by atoms with Gasteiger partial charge in [-0.05, 0) is 32.3 Å². The molecule has 1 rings (SSSR count). The molecule has 0 bridgehead atoms. The summed E-state index contributed by atoms with van der Waals surface area (Å²) >= 11 is 0. The SMILES string of the molecule is CCn1nc(C)cc1C(=O)N[C@@H](CC(C)C)C(=O)O. The van der Waals surface area contributed by atoms with Gasteiger partial charge in [0.15, 0.2) is 0 Å². The van der Waals surface area contributed by atoms with Crippen LogP contribution in [0, 0.1) is 12.8 Å². The van der Waals surface area contributed by atoms with Gasteiger partial charge in [-0.1, -0.05) is 13.8 Å². The molecule has 0 radical (unpaired) electrons. The van der Waals surface area contributed by atoms with Gasteiger partial charge in [0.25, 0.3) is 5.91 Å². The number of carboxylic acid groups (broad SMARTS) is 1. The molecule has 0 fully saturated rings. The van der Waals surface area contributed by atoms with Crippen LogP contribution in [0.4, 0.5) is 0 Å². The number of carboxylic acids is 1. The molecular formula is C13H21N3O3. The Morgan fingerprint density at radius 1 is 1.47 bits per heavy atom. The largest absolute Gasteiger partial charge is 0.480 e. The molecular weight excluding hydrogens is 246 g/mol. The number of rotatable bonds is 6. The molecule has 0 saturated carbocycles. The van der Waals surface area contributed by atoms with Crippen molar-refractivity contribution in [2.75, 3.05) is 0 Å². The number of aryl methyl sites for hydroxylation is 2.